The molecule has 22 heavy (non-hydrogen) atoms. The van der Waals surface area contributed by atoms with E-state index < -0.39 is 0 Å². The molecule has 0 spiro atoms. The Balaban J connectivity index is 1.59. The van der Waals surface area contributed by atoms with E-state index in [1.54, 1.807) is 6.20 Å². The average molecular weight is 318 g/mol. The fraction of sp³-hybridized carbons (Fsp3) is 0.353. The molecule has 1 aromatic carbocycles. The van der Waals surface area contributed by atoms with Gasteiger partial charge in [-0.15, -0.1) is 0 Å². The maximum Gasteiger partial charge on any atom is 0.147 e. The van der Waals surface area contributed by atoms with Crippen LogP contribution in [0.5, 0.6) is 0 Å². The molecule has 2 aromatic rings. The number of fused-ring (bicyclic) bond motifs is 2. The van der Waals surface area contributed by atoms with Crippen molar-refractivity contribution in [2.24, 2.45) is 0 Å². The second kappa shape index (κ2) is 5.43. The van der Waals surface area contributed by atoms with Gasteiger partial charge in [0.15, 0.2) is 0 Å². The van der Waals surface area contributed by atoms with Crippen molar-refractivity contribution in [2.75, 3.05) is 22.9 Å². The van der Waals surface area contributed by atoms with Crippen molar-refractivity contribution in [3.05, 3.63) is 53.4 Å². The van der Waals surface area contributed by atoms with Crippen LogP contribution in [0.15, 0.2) is 42.6 Å². The van der Waals surface area contributed by atoms with Gasteiger partial charge in [0, 0.05) is 37.1 Å². The number of benzene rings is 1. The van der Waals surface area contributed by atoms with Gasteiger partial charge in [-0.2, -0.15) is 0 Å². The highest BCUT2D eigenvalue weighted by molar-refractivity contribution is 6.32. The Bertz CT molecular complexity index is 662. The normalized spacial score (nSPS) is 23.9. The van der Waals surface area contributed by atoms with Gasteiger partial charge in [-0.25, -0.2) is 9.37 Å². The maximum atomic E-state index is 13.1. The summed E-state index contributed by atoms with van der Waals surface area (Å²) in [5, 5.41) is 0.706. The molecule has 4 rings (SSSR count). The number of aromatic nitrogens is 1. The van der Waals surface area contributed by atoms with Gasteiger partial charge in [0.25, 0.3) is 0 Å². The van der Waals surface area contributed by atoms with E-state index in [-0.39, 0.29) is 5.82 Å². The summed E-state index contributed by atoms with van der Waals surface area (Å²) in [6, 6.07) is 11.4. The van der Waals surface area contributed by atoms with Gasteiger partial charge in [-0.3, -0.25) is 0 Å². The zero-order valence-corrected chi connectivity index (χ0v) is 12.9. The molecule has 2 bridgehead atoms. The highest BCUT2D eigenvalue weighted by Crippen LogP contribution is 2.37. The Morgan fingerprint density at radius 2 is 1.73 bits per heavy atom. The van der Waals surface area contributed by atoms with Gasteiger partial charge in [-0.05, 0) is 49.2 Å². The van der Waals surface area contributed by atoms with Crippen LogP contribution in [0.1, 0.15) is 12.8 Å². The van der Waals surface area contributed by atoms with E-state index in [9.17, 15) is 4.39 Å². The molecule has 0 amide bonds. The predicted octanol–water partition coefficient (Wildman–Crippen LogP) is 3.73. The zero-order valence-electron chi connectivity index (χ0n) is 12.1. The Kier molecular flexibility index (Phi) is 3.41. The standard InChI is InChI=1S/C17H17ClFN3/c18-16-2-1-9-20-17(16)21-10-14-7-8-15(11-21)22(14)13-5-3-12(19)4-6-13/h1-6,9,14-15H,7-8,10-11H2. The van der Waals surface area contributed by atoms with E-state index in [1.807, 2.05) is 24.3 Å². The summed E-state index contributed by atoms with van der Waals surface area (Å²) in [5.74, 6) is 0.690. The first kappa shape index (κ1) is 13.8. The lowest BCUT2D eigenvalue weighted by atomic mass is 10.1. The molecular weight excluding hydrogens is 301 g/mol. The monoisotopic (exact) mass is 317 g/mol. The SMILES string of the molecule is Fc1ccc(N2C3CCC2CN(c2ncccc2Cl)C3)cc1. The number of anilines is 2. The number of pyridine rings is 1. The third-order valence-electron chi connectivity index (χ3n) is 4.65. The van der Waals surface area contributed by atoms with Gasteiger partial charge >= 0.3 is 0 Å². The molecule has 2 atom stereocenters. The molecule has 1 aromatic heterocycles. The molecule has 2 aliphatic heterocycles. The zero-order chi connectivity index (χ0) is 15.1. The number of nitrogens with zero attached hydrogens (tertiary/aromatic N) is 3. The molecule has 0 radical (unpaired) electrons. The summed E-state index contributed by atoms with van der Waals surface area (Å²) in [5.41, 5.74) is 1.11. The lowest BCUT2D eigenvalue weighted by molar-refractivity contribution is 0.531. The Hall–Kier alpha value is -1.81. The van der Waals surface area contributed by atoms with Crippen molar-refractivity contribution >= 4 is 23.1 Å². The first-order valence-corrected chi connectivity index (χ1v) is 7.99. The Labute approximate surface area is 134 Å². The summed E-state index contributed by atoms with van der Waals surface area (Å²) in [6.45, 7) is 1.81. The minimum Gasteiger partial charge on any atom is -0.362 e. The molecule has 0 saturated carbocycles. The summed E-state index contributed by atoms with van der Waals surface area (Å²) >= 11 is 6.28. The van der Waals surface area contributed by atoms with Gasteiger partial charge in [-0.1, -0.05) is 11.6 Å². The van der Waals surface area contributed by atoms with Crippen LogP contribution < -0.4 is 9.80 Å². The number of hydrogen-bond acceptors (Lipinski definition) is 3. The molecule has 2 fully saturated rings. The summed E-state index contributed by atoms with van der Waals surface area (Å²) < 4.78 is 13.1. The van der Waals surface area contributed by atoms with E-state index in [1.165, 1.54) is 12.1 Å². The fourth-order valence-electron chi connectivity index (χ4n) is 3.72. The van der Waals surface area contributed by atoms with Crippen LogP contribution in [0.2, 0.25) is 5.02 Å². The van der Waals surface area contributed by atoms with Crippen LogP contribution in [0.25, 0.3) is 0 Å². The van der Waals surface area contributed by atoms with Gasteiger partial charge in [0.1, 0.15) is 11.6 Å². The largest absolute Gasteiger partial charge is 0.362 e. The summed E-state index contributed by atoms with van der Waals surface area (Å²) in [7, 11) is 0. The first-order valence-electron chi connectivity index (χ1n) is 7.62. The van der Waals surface area contributed by atoms with E-state index in [4.69, 9.17) is 11.6 Å². The molecule has 2 saturated heterocycles. The highest BCUT2D eigenvalue weighted by atomic mass is 35.5. The molecule has 5 heteroatoms. The van der Waals surface area contributed by atoms with Crippen molar-refractivity contribution in [1.29, 1.82) is 0 Å². The number of piperazine rings is 1. The third-order valence-corrected chi connectivity index (χ3v) is 4.94. The Morgan fingerprint density at radius 1 is 1.05 bits per heavy atom. The quantitative estimate of drug-likeness (QED) is 0.841. The maximum absolute atomic E-state index is 13.1. The Morgan fingerprint density at radius 3 is 2.36 bits per heavy atom. The average Bonchev–Trinajstić information content (AvgIpc) is 2.79. The van der Waals surface area contributed by atoms with Crippen LogP contribution in [-0.2, 0) is 0 Å². The summed E-state index contributed by atoms with van der Waals surface area (Å²) in [4.78, 5) is 9.15. The lowest BCUT2D eigenvalue weighted by Gasteiger charge is -2.43. The second-order valence-corrected chi connectivity index (χ2v) is 6.39. The molecule has 3 nitrogen and oxygen atoms in total. The van der Waals surface area contributed by atoms with Crippen LogP contribution in [-0.4, -0.2) is 30.2 Å². The fourth-order valence-corrected chi connectivity index (χ4v) is 3.96. The van der Waals surface area contributed by atoms with E-state index in [2.05, 4.69) is 14.8 Å². The van der Waals surface area contributed by atoms with Gasteiger partial charge < -0.3 is 9.80 Å². The number of halogens is 2. The van der Waals surface area contributed by atoms with E-state index in [0.29, 0.717) is 17.1 Å². The number of hydrogen-bond donors (Lipinski definition) is 0. The molecule has 2 aliphatic rings. The van der Waals surface area contributed by atoms with Crippen molar-refractivity contribution in [2.45, 2.75) is 24.9 Å². The molecule has 3 heterocycles. The molecule has 0 N–H and O–H groups in total. The topological polar surface area (TPSA) is 19.4 Å². The number of rotatable bonds is 2. The lowest BCUT2D eigenvalue weighted by Crippen LogP contribution is -2.54. The molecular formula is C17H17ClFN3. The molecule has 0 aliphatic carbocycles. The van der Waals surface area contributed by atoms with Crippen LogP contribution in [0, 0.1) is 5.82 Å². The van der Waals surface area contributed by atoms with Crippen LogP contribution in [0.3, 0.4) is 0 Å². The van der Waals surface area contributed by atoms with E-state index >= 15 is 0 Å². The van der Waals surface area contributed by atoms with Crippen molar-refractivity contribution < 1.29 is 4.39 Å². The second-order valence-electron chi connectivity index (χ2n) is 5.98. The minimum absolute atomic E-state index is 0.185. The van der Waals surface area contributed by atoms with Crippen molar-refractivity contribution in [3.8, 4) is 0 Å². The molecule has 2 unspecified atom stereocenters. The van der Waals surface area contributed by atoms with Gasteiger partial charge in [0.2, 0.25) is 0 Å². The highest BCUT2D eigenvalue weighted by Gasteiger charge is 2.40. The van der Waals surface area contributed by atoms with Crippen molar-refractivity contribution in [3.63, 3.8) is 0 Å². The first-order chi connectivity index (χ1) is 10.7. The molecule has 114 valence electrons. The summed E-state index contributed by atoms with van der Waals surface area (Å²) in [6.07, 6.45) is 4.10. The van der Waals surface area contributed by atoms with Crippen molar-refractivity contribution in [1.82, 2.24) is 4.98 Å². The van der Waals surface area contributed by atoms with Gasteiger partial charge in [0.05, 0.1) is 5.02 Å². The third kappa shape index (κ3) is 2.31. The minimum atomic E-state index is -0.185. The predicted molar refractivity (Wildman–Crippen MR) is 87.1 cm³/mol. The van der Waals surface area contributed by atoms with Crippen LogP contribution >= 0.6 is 11.6 Å². The van der Waals surface area contributed by atoms with Crippen LogP contribution in [0.4, 0.5) is 15.9 Å². The van der Waals surface area contributed by atoms with E-state index in [0.717, 1.165) is 37.4 Å². The smallest absolute Gasteiger partial charge is 0.147 e.